The molecule has 0 amide bonds. The van der Waals surface area contributed by atoms with Crippen molar-refractivity contribution in [3.05, 3.63) is 69.8 Å². The topological polar surface area (TPSA) is 0 Å². The number of fused-ring (bicyclic) bond motifs is 2. The minimum absolute atomic E-state index is 0.00172. The van der Waals surface area contributed by atoms with Gasteiger partial charge in [0.25, 0.3) is 0 Å². The summed E-state index contributed by atoms with van der Waals surface area (Å²) in [6.45, 7) is 38.1. The van der Waals surface area contributed by atoms with Crippen molar-refractivity contribution in [3.63, 3.8) is 0 Å². The summed E-state index contributed by atoms with van der Waals surface area (Å²) in [4.78, 5) is 0. The molecule has 0 nitrogen and oxygen atoms in total. The van der Waals surface area contributed by atoms with Crippen LogP contribution in [0.3, 0.4) is 0 Å². The van der Waals surface area contributed by atoms with Gasteiger partial charge in [-0.15, -0.1) is 0 Å². The molecule has 0 fully saturated rings. The maximum absolute atomic E-state index is 2.59. The minimum Gasteiger partial charge on any atom is -0.0572 e. The van der Waals surface area contributed by atoms with Crippen LogP contribution in [0.25, 0.3) is 43.1 Å². The Morgan fingerprint density at radius 1 is 0.317 bits per heavy atom. The van der Waals surface area contributed by atoms with E-state index >= 15 is 0 Å². The van der Waals surface area contributed by atoms with E-state index in [1.165, 1.54) is 76.5 Å². The van der Waals surface area contributed by atoms with Crippen molar-refractivity contribution in [2.45, 2.75) is 138 Å². The van der Waals surface area contributed by atoms with Gasteiger partial charge in [0.2, 0.25) is 0 Å². The molecule has 0 atom stereocenters. The van der Waals surface area contributed by atoms with Gasteiger partial charge in [-0.25, -0.2) is 0 Å². The lowest BCUT2D eigenvalue weighted by molar-refractivity contribution is 0.570. The van der Waals surface area contributed by atoms with E-state index in [9.17, 15) is 0 Å². The average molecular weight is 547 g/mol. The second-order valence-electron chi connectivity index (χ2n) is 18.0. The monoisotopic (exact) mass is 546 g/mol. The van der Waals surface area contributed by atoms with Crippen molar-refractivity contribution in [1.29, 1.82) is 0 Å². The van der Waals surface area contributed by atoms with Crippen LogP contribution in [-0.4, -0.2) is 0 Å². The number of benzene rings is 5. The third-order valence-electron chi connectivity index (χ3n) is 9.34. The maximum Gasteiger partial charge on any atom is -0.00173 e. The SMILES string of the molecule is Cc1cc(C(C)(C)C)c2c(C(C)(C)C)ccc3c4c(C(C)(C)C)cc(C(C)(C)C)c5c(C(C)(C)C)ccc(c1c23)c54. The molecule has 5 rings (SSSR count). The van der Waals surface area contributed by atoms with E-state index in [2.05, 4.69) is 147 Å². The van der Waals surface area contributed by atoms with Gasteiger partial charge >= 0.3 is 0 Å². The molecular formula is C41H54. The van der Waals surface area contributed by atoms with Gasteiger partial charge in [0.15, 0.2) is 0 Å². The van der Waals surface area contributed by atoms with Gasteiger partial charge in [-0.3, -0.25) is 0 Å². The fourth-order valence-corrected chi connectivity index (χ4v) is 7.33. The Labute approximate surface area is 250 Å². The molecule has 218 valence electrons. The fourth-order valence-electron chi connectivity index (χ4n) is 7.33. The van der Waals surface area contributed by atoms with Gasteiger partial charge in [0.05, 0.1) is 0 Å². The van der Waals surface area contributed by atoms with E-state index in [4.69, 9.17) is 0 Å². The molecule has 0 aliphatic heterocycles. The van der Waals surface area contributed by atoms with Crippen LogP contribution in [0.1, 0.15) is 137 Å². The lowest BCUT2D eigenvalue weighted by Gasteiger charge is -2.35. The Bertz CT molecular complexity index is 1820. The molecular weight excluding hydrogens is 492 g/mol. The molecule has 0 spiro atoms. The summed E-state index contributed by atoms with van der Waals surface area (Å²) < 4.78 is 0. The highest BCUT2D eigenvalue weighted by atomic mass is 14.4. The van der Waals surface area contributed by atoms with Crippen molar-refractivity contribution in [3.8, 4) is 0 Å². The lowest BCUT2D eigenvalue weighted by atomic mass is 9.69. The normalized spacial score (nSPS) is 14.3. The Morgan fingerprint density at radius 3 is 1.02 bits per heavy atom. The van der Waals surface area contributed by atoms with Crippen LogP contribution in [0.4, 0.5) is 0 Å². The Hall–Kier alpha value is -2.60. The summed E-state index contributed by atoms with van der Waals surface area (Å²) >= 11 is 0. The summed E-state index contributed by atoms with van der Waals surface area (Å²) in [5.41, 5.74) is 8.86. The first kappa shape index (κ1) is 29.9. The van der Waals surface area contributed by atoms with Crippen molar-refractivity contribution in [2.24, 2.45) is 0 Å². The molecule has 0 aromatic heterocycles. The molecule has 0 heterocycles. The van der Waals surface area contributed by atoms with Gasteiger partial charge in [-0.1, -0.05) is 140 Å². The largest absolute Gasteiger partial charge is 0.0572 e. The van der Waals surface area contributed by atoms with E-state index in [1.807, 2.05) is 0 Å². The highest BCUT2D eigenvalue weighted by molar-refractivity contribution is 6.35. The van der Waals surface area contributed by atoms with Crippen LogP contribution in [0.2, 0.25) is 0 Å². The molecule has 0 aliphatic rings. The van der Waals surface area contributed by atoms with E-state index in [-0.39, 0.29) is 27.1 Å². The molecule has 5 aromatic carbocycles. The smallest absolute Gasteiger partial charge is 0.00173 e. The van der Waals surface area contributed by atoms with Crippen LogP contribution in [0.15, 0.2) is 36.4 Å². The zero-order valence-corrected chi connectivity index (χ0v) is 29.0. The van der Waals surface area contributed by atoms with Crippen LogP contribution in [-0.2, 0) is 27.1 Å². The molecule has 5 aromatic rings. The standard InChI is InChI=1S/C41H54/c1-23-21-28(39(8,9)10)35-26(37(2,3)4)20-18-25-32-29(40(11,12)13)22-30(41(14,15)16)36-27(38(5,6)7)19-17-24(34(32)36)31(23)33(25)35/h17-22H,1-16H3. The predicted octanol–water partition coefficient (Wildman–Crippen LogP) is 12.5. The molecule has 0 unspecified atom stereocenters. The molecule has 0 aliphatic carbocycles. The molecule has 0 radical (unpaired) electrons. The van der Waals surface area contributed by atoms with E-state index in [1.54, 1.807) is 0 Å². The zero-order valence-electron chi connectivity index (χ0n) is 29.0. The lowest BCUT2D eigenvalue weighted by Crippen LogP contribution is -2.21. The predicted molar refractivity (Wildman–Crippen MR) is 186 cm³/mol. The van der Waals surface area contributed by atoms with Crippen molar-refractivity contribution in [2.75, 3.05) is 0 Å². The minimum atomic E-state index is 0.00172. The number of rotatable bonds is 0. The number of aryl methyl sites for hydroxylation is 1. The third-order valence-corrected chi connectivity index (χ3v) is 9.34. The third kappa shape index (κ3) is 4.56. The molecule has 0 heteroatoms. The molecule has 0 bridgehead atoms. The van der Waals surface area contributed by atoms with Gasteiger partial charge < -0.3 is 0 Å². The first-order chi connectivity index (χ1) is 18.5. The van der Waals surface area contributed by atoms with Crippen molar-refractivity contribution < 1.29 is 0 Å². The first-order valence-corrected chi connectivity index (χ1v) is 15.7. The van der Waals surface area contributed by atoms with E-state index < -0.39 is 0 Å². The fraction of sp³-hybridized carbons (Fsp3) is 0.512. The van der Waals surface area contributed by atoms with Gasteiger partial charge in [0, 0.05) is 0 Å². The second kappa shape index (κ2) is 8.72. The van der Waals surface area contributed by atoms with Crippen LogP contribution >= 0.6 is 0 Å². The highest BCUT2D eigenvalue weighted by Gasteiger charge is 2.33. The summed E-state index contributed by atoms with van der Waals surface area (Å²) in [5, 5.41) is 11.6. The average Bonchev–Trinajstić information content (AvgIpc) is 2.78. The molecule has 0 saturated heterocycles. The van der Waals surface area contributed by atoms with Crippen LogP contribution < -0.4 is 0 Å². The zero-order chi connectivity index (χ0) is 30.8. The number of hydrogen-bond acceptors (Lipinski definition) is 0. The Balaban J connectivity index is 2.29. The van der Waals surface area contributed by atoms with Crippen LogP contribution in [0, 0.1) is 6.92 Å². The molecule has 0 N–H and O–H groups in total. The summed E-state index contributed by atoms with van der Waals surface area (Å²) in [6, 6.07) is 15.0. The molecule has 41 heavy (non-hydrogen) atoms. The summed E-state index contributed by atoms with van der Waals surface area (Å²) in [5.74, 6) is 0. The quantitative estimate of drug-likeness (QED) is 0.134. The molecule has 0 saturated carbocycles. The first-order valence-electron chi connectivity index (χ1n) is 15.7. The number of hydrogen-bond donors (Lipinski definition) is 0. The summed E-state index contributed by atoms with van der Waals surface area (Å²) in [6.07, 6.45) is 0. The Morgan fingerprint density at radius 2 is 0.634 bits per heavy atom. The van der Waals surface area contributed by atoms with Gasteiger partial charge in [-0.2, -0.15) is 0 Å². The van der Waals surface area contributed by atoms with Crippen molar-refractivity contribution >= 4 is 43.1 Å². The van der Waals surface area contributed by atoms with Gasteiger partial charge in [0.1, 0.15) is 0 Å². The van der Waals surface area contributed by atoms with E-state index in [0.29, 0.717) is 0 Å². The van der Waals surface area contributed by atoms with Gasteiger partial charge in [-0.05, 0) is 110 Å². The highest BCUT2D eigenvalue weighted by Crippen LogP contribution is 2.52. The maximum atomic E-state index is 2.59. The summed E-state index contributed by atoms with van der Waals surface area (Å²) in [7, 11) is 0. The van der Waals surface area contributed by atoms with E-state index in [0.717, 1.165) is 0 Å². The Kier molecular flexibility index (Phi) is 6.35. The second-order valence-corrected chi connectivity index (χ2v) is 18.0. The van der Waals surface area contributed by atoms with Crippen molar-refractivity contribution in [1.82, 2.24) is 0 Å². The van der Waals surface area contributed by atoms with Crippen LogP contribution in [0.5, 0.6) is 0 Å².